The lowest BCUT2D eigenvalue weighted by Crippen LogP contribution is -2.52. The second kappa shape index (κ2) is 8.60. The number of nitrogens with one attached hydrogen (secondary N) is 1. The minimum absolute atomic E-state index is 0.286. The molecule has 0 radical (unpaired) electrons. The molecular weight excluding hydrogens is 333 g/mol. The molecule has 4 heteroatoms. The van der Waals surface area contributed by atoms with Crippen LogP contribution >= 0.6 is 0 Å². The molecule has 1 aliphatic carbocycles. The third kappa shape index (κ3) is 4.29. The van der Waals surface area contributed by atoms with Crippen molar-refractivity contribution >= 4 is 7.25 Å². The van der Waals surface area contributed by atoms with Gasteiger partial charge in [-0.25, -0.2) is 0 Å². The normalized spacial score (nSPS) is 22.9. The highest BCUT2D eigenvalue weighted by molar-refractivity contribution is 6.42. The molecule has 142 valence electrons. The van der Waals surface area contributed by atoms with Crippen molar-refractivity contribution in [2.75, 3.05) is 7.11 Å². The van der Waals surface area contributed by atoms with Gasteiger partial charge in [0.15, 0.2) is 0 Å². The van der Waals surface area contributed by atoms with Gasteiger partial charge < -0.3 is 9.31 Å². The number of hydrogen-bond donors (Lipinski definition) is 1. The third-order valence-corrected chi connectivity index (χ3v) is 6.25. The molecule has 2 fully saturated rings. The monoisotopic (exact) mass is 363 g/mol. The first-order valence-electron chi connectivity index (χ1n) is 10.3. The molecule has 0 bridgehead atoms. The quantitative estimate of drug-likeness (QED) is 0.772. The summed E-state index contributed by atoms with van der Waals surface area (Å²) in [6, 6.07) is 21.8. The average Bonchev–Trinajstić information content (AvgIpc) is 3.08. The number of rotatable bonds is 6. The maximum absolute atomic E-state index is 6.64. The topological polar surface area (TPSA) is 30.5 Å². The summed E-state index contributed by atoms with van der Waals surface area (Å²) < 4.78 is 12.3. The Labute approximate surface area is 163 Å². The van der Waals surface area contributed by atoms with Crippen LogP contribution in [0.3, 0.4) is 0 Å². The fraction of sp³-hybridized carbons (Fsp3) is 0.478. The van der Waals surface area contributed by atoms with Gasteiger partial charge in [0.05, 0.1) is 5.60 Å². The van der Waals surface area contributed by atoms with Gasteiger partial charge in [-0.2, -0.15) is 0 Å². The summed E-state index contributed by atoms with van der Waals surface area (Å²) >= 11 is 0. The smallest absolute Gasteiger partial charge is 0.400 e. The van der Waals surface area contributed by atoms with Gasteiger partial charge in [0.2, 0.25) is 0 Å². The van der Waals surface area contributed by atoms with Crippen LogP contribution in [-0.2, 0) is 22.2 Å². The molecule has 2 aromatic rings. The molecule has 2 aromatic carbocycles. The van der Waals surface area contributed by atoms with Crippen molar-refractivity contribution in [1.29, 1.82) is 0 Å². The zero-order valence-corrected chi connectivity index (χ0v) is 16.3. The summed E-state index contributed by atoms with van der Waals surface area (Å²) in [5.74, 6) is 0.645. The van der Waals surface area contributed by atoms with E-state index in [2.05, 4.69) is 65.9 Å². The molecule has 4 rings (SSSR count). The van der Waals surface area contributed by atoms with Crippen molar-refractivity contribution in [3.05, 3.63) is 71.8 Å². The van der Waals surface area contributed by atoms with Crippen molar-refractivity contribution < 1.29 is 9.31 Å². The molecular formula is C23H30BNO2. The van der Waals surface area contributed by atoms with Crippen LogP contribution in [0.4, 0.5) is 0 Å². The molecule has 1 saturated carbocycles. The minimum Gasteiger partial charge on any atom is -0.400 e. The molecule has 27 heavy (non-hydrogen) atoms. The number of benzene rings is 2. The third-order valence-electron chi connectivity index (χ3n) is 6.25. The molecule has 1 atom stereocenters. The molecule has 0 aromatic heterocycles. The summed E-state index contributed by atoms with van der Waals surface area (Å²) in [7, 11) is 1.40. The molecule has 3 nitrogen and oxygen atoms in total. The molecule has 0 amide bonds. The van der Waals surface area contributed by atoms with Gasteiger partial charge in [-0.1, -0.05) is 79.9 Å². The maximum atomic E-state index is 6.64. The van der Waals surface area contributed by atoms with Crippen molar-refractivity contribution in [3.8, 4) is 0 Å². The lowest BCUT2D eigenvalue weighted by Gasteiger charge is -2.41. The minimum atomic E-state index is -0.329. The van der Waals surface area contributed by atoms with Crippen molar-refractivity contribution in [3.63, 3.8) is 0 Å². The van der Waals surface area contributed by atoms with Crippen LogP contribution in [0, 0.1) is 5.92 Å². The summed E-state index contributed by atoms with van der Waals surface area (Å²) in [6.45, 7) is 0. The first kappa shape index (κ1) is 18.7. The van der Waals surface area contributed by atoms with Gasteiger partial charge in [-0.05, 0) is 29.9 Å². The summed E-state index contributed by atoms with van der Waals surface area (Å²) in [4.78, 5) is 0. The van der Waals surface area contributed by atoms with Crippen LogP contribution in [0.5, 0.6) is 0 Å². The van der Waals surface area contributed by atoms with E-state index in [0.29, 0.717) is 12.0 Å². The Morgan fingerprint density at radius 2 is 1.48 bits per heavy atom. The summed E-state index contributed by atoms with van der Waals surface area (Å²) in [5, 5.41) is 3.70. The van der Waals surface area contributed by atoms with Crippen LogP contribution in [-0.4, -0.2) is 26.0 Å². The van der Waals surface area contributed by atoms with Crippen molar-refractivity contribution in [2.24, 2.45) is 5.92 Å². The van der Waals surface area contributed by atoms with Crippen LogP contribution in [0.15, 0.2) is 60.7 Å². The zero-order chi connectivity index (χ0) is 18.5. The van der Waals surface area contributed by atoms with E-state index in [4.69, 9.17) is 9.31 Å². The van der Waals surface area contributed by atoms with Gasteiger partial charge >= 0.3 is 7.25 Å². The molecule has 1 heterocycles. The summed E-state index contributed by atoms with van der Waals surface area (Å²) in [6.07, 6.45) is 8.38. The molecule has 2 aliphatic rings. The molecule has 0 spiro atoms. The van der Waals surface area contributed by atoms with E-state index in [1.54, 1.807) is 7.11 Å². The zero-order valence-electron chi connectivity index (χ0n) is 16.3. The highest BCUT2D eigenvalue weighted by atomic mass is 16.6. The van der Waals surface area contributed by atoms with Crippen molar-refractivity contribution in [2.45, 2.75) is 56.6 Å². The molecule has 1 N–H and O–H groups in total. The van der Waals surface area contributed by atoms with Gasteiger partial charge in [-0.15, -0.1) is 0 Å². The van der Waals surface area contributed by atoms with Crippen LogP contribution in [0.25, 0.3) is 0 Å². The SMILES string of the molecule is COB1NC(C2CCCCC2)C(Cc2ccccc2)(Cc2ccccc2)O1. The van der Waals surface area contributed by atoms with E-state index in [-0.39, 0.29) is 12.9 Å². The van der Waals surface area contributed by atoms with E-state index in [1.165, 1.54) is 43.2 Å². The second-order valence-corrected chi connectivity index (χ2v) is 8.12. The first-order chi connectivity index (χ1) is 13.3. The van der Waals surface area contributed by atoms with Crippen LogP contribution in [0.1, 0.15) is 43.2 Å². The van der Waals surface area contributed by atoms with Crippen molar-refractivity contribution in [1.82, 2.24) is 5.23 Å². The van der Waals surface area contributed by atoms with E-state index in [1.807, 2.05) is 0 Å². The fourth-order valence-corrected chi connectivity index (χ4v) is 5.02. The average molecular weight is 363 g/mol. The maximum Gasteiger partial charge on any atom is 0.555 e. The highest BCUT2D eigenvalue weighted by Crippen LogP contribution is 2.40. The van der Waals surface area contributed by atoms with E-state index in [0.717, 1.165) is 12.8 Å². The number of hydrogen-bond acceptors (Lipinski definition) is 3. The summed E-state index contributed by atoms with van der Waals surface area (Å²) in [5.41, 5.74) is 2.37. The van der Waals surface area contributed by atoms with Crippen LogP contribution in [0.2, 0.25) is 0 Å². The van der Waals surface area contributed by atoms with Gasteiger partial charge in [0.25, 0.3) is 0 Å². The second-order valence-electron chi connectivity index (χ2n) is 8.12. The van der Waals surface area contributed by atoms with E-state index in [9.17, 15) is 0 Å². The molecule has 1 saturated heterocycles. The fourth-order valence-electron chi connectivity index (χ4n) is 5.02. The predicted octanol–water partition coefficient (Wildman–Crippen LogP) is 4.41. The Morgan fingerprint density at radius 3 is 2.00 bits per heavy atom. The standard InChI is InChI=1S/C23H30BNO2/c1-26-24-25-22(21-15-9-4-10-16-21)23(27-24,17-19-11-5-2-6-12-19)18-20-13-7-3-8-14-20/h2-3,5-8,11-14,21-22,25H,4,9-10,15-18H2,1H3. The van der Waals surface area contributed by atoms with Crippen LogP contribution < -0.4 is 5.23 Å². The van der Waals surface area contributed by atoms with E-state index >= 15 is 0 Å². The Morgan fingerprint density at radius 1 is 0.926 bits per heavy atom. The molecule has 1 unspecified atom stereocenters. The first-order valence-corrected chi connectivity index (χ1v) is 10.3. The Hall–Kier alpha value is -1.62. The van der Waals surface area contributed by atoms with Gasteiger partial charge in [0, 0.05) is 26.0 Å². The predicted molar refractivity (Wildman–Crippen MR) is 110 cm³/mol. The highest BCUT2D eigenvalue weighted by Gasteiger charge is 2.53. The largest absolute Gasteiger partial charge is 0.555 e. The lowest BCUT2D eigenvalue weighted by atomic mass is 9.72. The lowest BCUT2D eigenvalue weighted by molar-refractivity contribution is 0.0295. The Kier molecular flexibility index (Phi) is 5.97. The Balaban J connectivity index is 1.69. The Bertz CT molecular complexity index is 661. The van der Waals surface area contributed by atoms with Gasteiger partial charge in [-0.3, -0.25) is 5.23 Å². The van der Waals surface area contributed by atoms with E-state index < -0.39 is 0 Å². The van der Waals surface area contributed by atoms with Gasteiger partial charge in [0.1, 0.15) is 0 Å². The molecule has 1 aliphatic heterocycles.